The largest absolute Gasteiger partial charge is 0.424 e. The number of nitrogens with zero attached hydrogens (tertiary/aromatic N) is 2. The molecule has 0 bridgehead atoms. The normalized spacial score (nSPS) is 9.55. The van der Waals surface area contributed by atoms with Crippen molar-refractivity contribution in [3.8, 4) is 0 Å². The number of hydrogen-bond donors (Lipinski definition) is 2. The lowest BCUT2D eigenvalue weighted by molar-refractivity contribution is 0.170. The maximum absolute atomic E-state index is 10.7. The van der Waals surface area contributed by atoms with Gasteiger partial charge in [-0.25, -0.2) is 4.79 Å². The monoisotopic (exact) mass is 155 g/mol. The van der Waals surface area contributed by atoms with E-state index >= 15 is 0 Å². The molecule has 0 fully saturated rings. The predicted molar refractivity (Wildman–Crippen MR) is 39.8 cm³/mol. The van der Waals surface area contributed by atoms with Crippen molar-refractivity contribution in [3.05, 3.63) is 22.7 Å². The van der Waals surface area contributed by atoms with E-state index in [1.165, 1.54) is 12.3 Å². The first kappa shape index (κ1) is 7.59. The maximum Gasteiger partial charge on any atom is 0.382 e. The van der Waals surface area contributed by atoms with Crippen molar-refractivity contribution < 1.29 is 5.21 Å². The Balaban J connectivity index is 2.96. The van der Waals surface area contributed by atoms with E-state index in [0.717, 1.165) is 0 Å². The third-order valence-electron chi connectivity index (χ3n) is 1.14. The lowest BCUT2D eigenvalue weighted by Gasteiger charge is -2.00. The summed E-state index contributed by atoms with van der Waals surface area (Å²) in [7, 11) is 0. The van der Waals surface area contributed by atoms with Crippen molar-refractivity contribution in [1.82, 2.24) is 9.71 Å². The Morgan fingerprint density at radius 1 is 1.82 bits per heavy atom. The summed E-state index contributed by atoms with van der Waals surface area (Å²) >= 11 is 0. The number of rotatable bonds is 2. The summed E-state index contributed by atoms with van der Waals surface area (Å²) in [6.45, 7) is 2.59. The van der Waals surface area contributed by atoms with E-state index < -0.39 is 5.69 Å². The number of anilines is 1. The highest BCUT2D eigenvalue weighted by atomic mass is 16.5. The molecule has 0 aliphatic rings. The first-order chi connectivity index (χ1) is 5.24. The van der Waals surface area contributed by atoms with Gasteiger partial charge in [-0.3, -0.25) is 0 Å². The van der Waals surface area contributed by atoms with Gasteiger partial charge in [0.05, 0.1) is 6.20 Å². The van der Waals surface area contributed by atoms with Crippen LogP contribution >= 0.6 is 0 Å². The third-order valence-corrected chi connectivity index (χ3v) is 1.14. The molecule has 1 aromatic rings. The summed E-state index contributed by atoms with van der Waals surface area (Å²) in [4.78, 5) is 14.2. The van der Waals surface area contributed by atoms with Crippen molar-refractivity contribution in [2.24, 2.45) is 0 Å². The standard InChI is InChI=1S/C6H9N3O2/c1-2-7-5-3-4-9(11)6(10)8-5/h3-4,11H,2H2,1H3,(H,7,8,10). The Hall–Kier alpha value is -1.52. The van der Waals surface area contributed by atoms with Crippen LogP contribution in [0, 0.1) is 0 Å². The number of aromatic nitrogens is 2. The molecule has 0 radical (unpaired) electrons. The zero-order valence-corrected chi connectivity index (χ0v) is 6.11. The minimum atomic E-state index is -0.677. The van der Waals surface area contributed by atoms with E-state index in [4.69, 9.17) is 5.21 Å². The first-order valence-corrected chi connectivity index (χ1v) is 3.27. The van der Waals surface area contributed by atoms with Crippen LogP contribution in [0.2, 0.25) is 0 Å². The average Bonchev–Trinajstić information content (AvgIpc) is 1.98. The summed E-state index contributed by atoms with van der Waals surface area (Å²) in [6, 6.07) is 1.52. The third kappa shape index (κ3) is 1.70. The van der Waals surface area contributed by atoms with Crippen molar-refractivity contribution >= 4 is 5.82 Å². The Morgan fingerprint density at radius 2 is 2.55 bits per heavy atom. The van der Waals surface area contributed by atoms with Crippen LogP contribution in [0.15, 0.2) is 17.1 Å². The van der Waals surface area contributed by atoms with Gasteiger partial charge >= 0.3 is 5.69 Å². The smallest absolute Gasteiger partial charge is 0.382 e. The molecule has 1 aromatic heterocycles. The molecule has 0 saturated heterocycles. The summed E-state index contributed by atoms with van der Waals surface area (Å²) in [6.07, 6.45) is 1.24. The molecular weight excluding hydrogens is 146 g/mol. The van der Waals surface area contributed by atoms with Crippen molar-refractivity contribution in [2.75, 3.05) is 11.9 Å². The van der Waals surface area contributed by atoms with E-state index in [9.17, 15) is 4.79 Å². The first-order valence-electron chi connectivity index (χ1n) is 3.27. The van der Waals surface area contributed by atoms with Crippen molar-refractivity contribution in [1.29, 1.82) is 0 Å². The highest BCUT2D eigenvalue weighted by Crippen LogP contribution is 1.94. The van der Waals surface area contributed by atoms with Gasteiger partial charge in [0.15, 0.2) is 0 Å². The van der Waals surface area contributed by atoms with Crippen LogP contribution in [-0.4, -0.2) is 21.5 Å². The molecule has 2 N–H and O–H groups in total. The van der Waals surface area contributed by atoms with Gasteiger partial charge in [0.2, 0.25) is 0 Å². The molecule has 0 atom stereocenters. The Morgan fingerprint density at radius 3 is 3.09 bits per heavy atom. The molecule has 0 aliphatic heterocycles. The minimum Gasteiger partial charge on any atom is -0.424 e. The average molecular weight is 155 g/mol. The maximum atomic E-state index is 10.7. The fraction of sp³-hybridized carbons (Fsp3) is 0.333. The quantitative estimate of drug-likeness (QED) is 0.586. The molecule has 0 spiro atoms. The van der Waals surface area contributed by atoms with Gasteiger partial charge in [-0.15, -0.1) is 4.73 Å². The topological polar surface area (TPSA) is 67.2 Å². The minimum absolute atomic E-state index is 0.431. The van der Waals surface area contributed by atoms with Crippen LogP contribution in [0.3, 0.4) is 0 Å². The second-order valence-corrected chi connectivity index (χ2v) is 1.97. The van der Waals surface area contributed by atoms with Crippen molar-refractivity contribution in [3.63, 3.8) is 0 Å². The fourth-order valence-corrected chi connectivity index (χ4v) is 0.676. The van der Waals surface area contributed by atoms with Gasteiger partial charge < -0.3 is 10.5 Å². The Bertz CT molecular complexity index is 294. The van der Waals surface area contributed by atoms with Gasteiger partial charge in [0, 0.05) is 12.6 Å². The highest BCUT2D eigenvalue weighted by molar-refractivity contribution is 5.30. The SMILES string of the molecule is CCNc1ccn(O)c(=O)n1. The zero-order valence-electron chi connectivity index (χ0n) is 6.11. The van der Waals surface area contributed by atoms with E-state index in [2.05, 4.69) is 10.3 Å². The van der Waals surface area contributed by atoms with E-state index in [-0.39, 0.29) is 0 Å². The molecule has 0 unspecified atom stereocenters. The molecular formula is C6H9N3O2. The molecule has 0 saturated carbocycles. The van der Waals surface area contributed by atoms with Crippen LogP contribution < -0.4 is 11.0 Å². The molecule has 11 heavy (non-hydrogen) atoms. The van der Waals surface area contributed by atoms with E-state index in [1.54, 1.807) is 0 Å². The molecule has 60 valence electrons. The second-order valence-electron chi connectivity index (χ2n) is 1.97. The van der Waals surface area contributed by atoms with Gasteiger partial charge in [0.1, 0.15) is 5.82 Å². The van der Waals surface area contributed by atoms with Gasteiger partial charge in [-0.1, -0.05) is 0 Å². The van der Waals surface area contributed by atoms with Crippen LogP contribution in [0.4, 0.5) is 5.82 Å². The van der Waals surface area contributed by atoms with Crippen molar-refractivity contribution in [2.45, 2.75) is 6.92 Å². The molecule has 0 aliphatic carbocycles. The molecule has 0 amide bonds. The number of nitrogens with one attached hydrogen (secondary N) is 1. The lowest BCUT2D eigenvalue weighted by atomic mass is 10.5. The molecule has 0 aromatic carbocycles. The zero-order chi connectivity index (χ0) is 8.27. The molecule has 5 heteroatoms. The van der Waals surface area contributed by atoms with E-state index in [0.29, 0.717) is 17.1 Å². The fourth-order valence-electron chi connectivity index (χ4n) is 0.676. The molecule has 5 nitrogen and oxygen atoms in total. The highest BCUT2D eigenvalue weighted by Gasteiger charge is 1.94. The van der Waals surface area contributed by atoms with Crippen LogP contribution in [0.5, 0.6) is 0 Å². The summed E-state index contributed by atoms with van der Waals surface area (Å²) < 4.78 is 0.431. The number of hydrogen-bond acceptors (Lipinski definition) is 4. The van der Waals surface area contributed by atoms with Crippen LogP contribution in [0.1, 0.15) is 6.92 Å². The van der Waals surface area contributed by atoms with Gasteiger partial charge in [-0.05, 0) is 6.92 Å². The Kier molecular flexibility index (Phi) is 2.10. The van der Waals surface area contributed by atoms with Gasteiger partial charge in [-0.2, -0.15) is 4.98 Å². The molecule has 1 heterocycles. The van der Waals surface area contributed by atoms with Crippen LogP contribution in [-0.2, 0) is 0 Å². The Labute approximate surface area is 63.3 Å². The van der Waals surface area contributed by atoms with Gasteiger partial charge in [0.25, 0.3) is 0 Å². The summed E-state index contributed by atoms with van der Waals surface area (Å²) in [5.74, 6) is 0.475. The van der Waals surface area contributed by atoms with Crippen LogP contribution in [0.25, 0.3) is 0 Å². The van der Waals surface area contributed by atoms with E-state index in [1.807, 2.05) is 6.92 Å². The lowest BCUT2D eigenvalue weighted by Crippen LogP contribution is -2.21. The summed E-state index contributed by atoms with van der Waals surface area (Å²) in [5, 5.41) is 11.6. The molecule has 1 rings (SSSR count). The predicted octanol–water partition coefficient (Wildman–Crippen LogP) is -0.0876. The summed E-state index contributed by atoms with van der Waals surface area (Å²) in [5.41, 5.74) is -0.677. The second kappa shape index (κ2) is 3.05.